The van der Waals surface area contributed by atoms with Crippen molar-refractivity contribution in [1.29, 1.82) is 0 Å². The fraction of sp³-hybridized carbons (Fsp3) is 0.348. The summed E-state index contributed by atoms with van der Waals surface area (Å²) in [6.45, 7) is 5.88. The van der Waals surface area contributed by atoms with Gasteiger partial charge in [-0.05, 0) is 36.4 Å². The van der Waals surface area contributed by atoms with Gasteiger partial charge in [-0.1, -0.05) is 25.9 Å². The van der Waals surface area contributed by atoms with Crippen LogP contribution in [0.5, 0.6) is 11.5 Å². The highest BCUT2D eigenvalue weighted by Crippen LogP contribution is 2.29. The number of nitrogens with one attached hydrogen (secondary N) is 2. The Balaban J connectivity index is 1.54. The maximum absolute atomic E-state index is 12.5. The first-order valence-electron chi connectivity index (χ1n) is 10.5. The summed E-state index contributed by atoms with van der Waals surface area (Å²) >= 11 is 0. The number of hydrogen-bond donors (Lipinski definition) is 2. The number of ether oxygens (including phenoxy) is 2. The number of carbonyl (C=O) groups is 1. The minimum atomic E-state index is -3.82. The summed E-state index contributed by atoms with van der Waals surface area (Å²) in [5.41, 5.74) is 1.07. The van der Waals surface area contributed by atoms with Gasteiger partial charge in [0.05, 0.1) is 19.1 Å². The molecule has 0 spiro atoms. The molecule has 0 fully saturated rings. The number of carbonyl (C=O) groups excluding carboxylic acids is 1. The number of benzene rings is 2. The van der Waals surface area contributed by atoms with Gasteiger partial charge in [-0.15, -0.1) is 0 Å². The maximum atomic E-state index is 12.5. The molecule has 11 heteroatoms. The Kier molecular flexibility index (Phi) is 7.57. The van der Waals surface area contributed by atoms with Crippen LogP contribution in [0.25, 0.3) is 11.4 Å². The summed E-state index contributed by atoms with van der Waals surface area (Å²) in [5.74, 6) is 1.38. The van der Waals surface area contributed by atoms with Crippen molar-refractivity contribution in [3.63, 3.8) is 0 Å². The van der Waals surface area contributed by atoms with E-state index in [0.29, 0.717) is 28.9 Å². The van der Waals surface area contributed by atoms with Gasteiger partial charge in [0.2, 0.25) is 27.6 Å². The highest BCUT2D eigenvalue weighted by molar-refractivity contribution is 7.89. The second kappa shape index (κ2) is 10.2. The van der Waals surface area contributed by atoms with Crippen LogP contribution in [0, 0.1) is 0 Å². The van der Waals surface area contributed by atoms with Gasteiger partial charge in [0.15, 0.2) is 11.5 Å². The molecular weight excluding hydrogens is 460 g/mol. The van der Waals surface area contributed by atoms with E-state index in [2.05, 4.69) is 20.2 Å². The van der Waals surface area contributed by atoms with Gasteiger partial charge in [-0.3, -0.25) is 4.79 Å². The summed E-state index contributed by atoms with van der Waals surface area (Å²) < 4.78 is 43.0. The van der Waals surface area contributed by atoms with E-state index < -0.39 is 10.0 Å². The van der Waals surface area contributed by atoms with E-state index >= 15 is 0 Å². The zero-order valence-corrected chi connectivity index (χ0v) is 20.5. The molecule has 0 saturated heterocycles. The first-order valence-corrected chi connectivity index (χ1v) is 12.0. The molecule has 2 aromatic carbocycles. The van der Waals surface area contributed by atoms with E-state index in [4.69, 9.17) is 14.0 Å². The van der Waals surface area contributed by atoms with E-state index in [0.717, 1.165) is 5.56 Å². The average molecular weight is 489 g/mol. The van der Waals surface area contributed by atoms with Crippen molar-refractivity contribution < 1.29 is 27.2 Å². The van der Waals surface area contributed by atoms with Gasteiger partial charge >= 0.3 is 0 Å². The fourth-order valence-corrected chi connectivity index (χ4v) is 3.98. The molecule has 0 aliphatic heterocycles. The summed E-state index contributed by atoms with van der Waals surface area (Å²) in [6.07, 6.45) is -0.0476. The quantitative estimate of drug-likeness (QED) is 0.468. The molecule has 34 heavy (non-hydrogen) atoms. The zero-order chi connectivity index (χ0) is 24.9. The van der Waals surface area contributed by atoms with Crippen molar-refractivity contribution >= 4 is 21.6 Å². The zero-order valence-electron chi connectivity index (χ0n) is 19.7. The second-order valence-electron chi connectivity index (χ2n) is 8.46. The molecule has 0 saturated carbocycles. The number of sulfonamides is 1. The number of aromatic nitrogens is 2. The lowest BCUT2D eigenvalue weighted by Crippen LogP contribution is -2.27. The van der Waals surface area contributed by atoms with Gasteiger partial charge in [0.25, 0.3) is 0 Å². The molecule has 0 unspecified atom stereocenters. The van der Waals surface area contributed by atoms with Crippen LogP contribution in [0.3, 0.4) is 0 Å². The number of rotatable bonds is 9. The summed E-state index contributed by atoms with van der Waals surface area (Å²) in [6, 6.07) is 11.2. The minimum Gasteiger partial charge on any atom is -0.493 e. The third-order valence-corrected chi connectivity index (χ3v) is 6.26. The molecule has 0 bridgehead atoms. The van der Waals surface area contributed by atoms with E-state index in [1.54, 1.807) is 24.3 Å². The van der Waals surface area contributed by atoms with Crippen molar-refractivity contribution in [3.8, 4) is 22.9 Å². The van der Waals surface area contributed by atoms with E-state index in [-0.39, 0.29) is 29.2 Å². The molecule has 10 nitrogen and oxygen atoms in total. The number of amides is 1. The number of hydrogen-bond acceptors (Lipinski definition) is 8. The Morgan fingerprint density at radius 3 is 2.29 bits per heavy atom. The Hall–Kier alpha value is -3.44. The molecule has 0 atom stereocenters. The average Bonchev–Trinajstić information content (AvgIpc) is 3.30. The van der Waals surface area contributed by atoms with Crippen LogP contribution in [0.1, 0.15) is 33.1 Å². The van der Waals surface area contributed by atoms with Gasteiger partial charge in [-0.25, -0.2) is 13.1 Å². The van der Waals surface area contributed by atoms with E-state index in [1.165, 1.54) is 32.4 Å². The van der Waals surface area contributed by atoms with Gasteiger partial charge in [-0.2, -0.15) is 4.98 Å². The Bertz CT molecular complexity index is 1250. The molecule has 3 rings (SSSR count). The molecule has 182 valence electrons. The number of nitrogens with zero attached hydrogens (tertiary/aromatic N) is 2. The fourth-order valence-electron chi connectivity index (χ4n) is 2.94. The van der Waals surface area contributed by atoms with Crippen LogP contribution in [0.2, 0.25) is 0 Å². The van der Waals surface area contributed by atoms with Crippen molar-refractivity contribution in [2.24, 2.45) is 0 Å². The van der Waals surface area contributed by atoms with E-state index in [1.807, 2.05) is 20.8 Å². The third-order valence-electron chi connectivity index (χ3n) is 4.80. The molecule has 0 aliphatic carbocycles. The van der Waals surface area contributed by atoms with Gasteiger partial charge in [0, 0.05) is 35.7 Å². The highest BCUT2D eigenvalue weighted by Gasteiger charge is 2.22. The molecule has 2 N–H and O–H groups in total. The highest BCUT2D eigenvalue weighted by atomic mass is 32.2. The molecule has 3 aromatic rings. The lowest BCUT2D eigenvalue weighted by Gasteiger charge is -2.11. The monoisotopic (exact) mass is 488 g/mol. The number of methoxy groups -OCH3 is 2. The standard InChI is InChI=1S/C23H28N4O6S/c1-23(2,3)22-26-21(27-33-22)15-6-8-16(9-7-15)25-20(28)12-13-24-34(29,30)17-10-11-18(31-4)19(14-17)32-5/h6-11,14,24H,12-13H2,1-5H3,(H,25,28). The van der Waals surface area contributed by atoms with Crippen molar-refractivity contribution in [2.75, 3.05) is 26.1 Å². The third kappa shape index (κ3) is 6.12. The summed E-state index contributed by atoms with van der Waals surface area (Å²) in [4.78, 5) is 16.7. The van der Waals surface area contributed by atoms with Crippen LogP contribution in [-0.2, 0) is 20.2 Å². The molecule has 1 heterocycles. The van der Waals surface area contributed by atoms with Crippen molar-refractivity contribution in [1.82, 2.24) is 14.9 Å². The van der Waals surface area contributed by atoms with E-state index in [9.17, 15) is 13.2 Å². The maximum Gasteiger partial charge on any atom is 0.240 e. The van der Waals surface area contributed by atoms with Gasteiger partial charge < -0.3 is 19.3 Å². The SMILES string of the molecule is COc1ccc(S(=O)(=O)NCCC(=O)Nc2ccc(-c3noc(C(C)(C)C)n3)cc2)cc1OC. The first-order chi connectivity index (χ1) is 16.0. The molecule has 0 radical (unpaired) electrons. The molecule has 1 amide bonds. The predicted octanol–water partition coefficient (Wildman–Crippen LogP) is 3.36. The van der Waals surface area contributed by atoms with Gasteiger partial charge in [0.1, 0.15) is 0 Å². The van der Waals surface area contributed by atoms with Crippen molar-refractivity contribution in [3.05, 3.63) is 48.4 Å². The molecular formula is C23H28N4O6S. The molecule has 0 aliphatic rings. The van der Waals surface area contributed by atoms with Crippen LogP contribution >= 0.6 is 0 Å². The summed E-state index contributed by atoms with van der Waals surface area (Å²) in [5, 5.41) is 6.73. The Morgan fingerprint density at radius 1 is 1.03 bits per heavy atom. The van der Waals surface area contributed by atoms with Crippen molar-refractivity contribution in [2.45, 2.75) is 37.5 Å². The smallest absolute Gasteiger partial charge is 0.240 e. The predicted molar refractivity (Wildman–Crippen MR) is 126 cm³/mol. The first kappa shape index (κ1) is 25.2. The van der Waals surface area contributed by atoms with Crippen LogP contribution in [0.4, 0.5) is 5.69 Å². The normalized spacial score (nSPS) is 11.8. The van der Waals surface area contributed by atoms with Crippen LogP contribution in [0.15, 0.2) is 51.9 Å². The van der Waals surface area contributed by atoms with Crippen LogP contribution < -0.4 is 19.5 Å². The molecule has 1 aromatic heterocycles. The lowest BCUT2D eigenvalue weighted by atomic mass is 9.97. The summed E-state index contributed by atoms with van der Waals surface area (Å²) in [7, 11) is -0.936. The lowest BCUT2D eigenvalue weighted by molar-refractivity contribution is -0.116. The Labute approximate surface area is 198 Å². The van der Waals surface area contributed by atoms with Crippen LogP contribution in [-0.4, -0.2) is 45.2 Å². The largest absolute Gasteiger partial charge is 0.493 e. The Morgan fingerprint density at radius 2 is 1.71 bits per heavy atom. The number of anilines is 1. The second-order valence-corrected chi connectivity index (χ2v) is 10.2. The topological polar surface area (TPSA) is 133 Å². The minimum absolute atomic E-state index is 0.0113.